The lowest BCUT2D eigenvalue weighted by Crippen LogP contribution is -2.39. The monoisotopic (exact) mass is 414 g/mol. The fourth-order valence-corrected chi connectivity index (χ4v) is 4.42. The maximum Gasteiger partial charge on any atom is 0.276 e. The van der Waals surface area contributed by atoms with Gasteiger partial charge >= 0.3 is 0 Å². The highest BCUT2D eigenvalue weighted by Gasteiger charge is 2.19. The van der Waals surface area contributed by atoms with Crippen LogP contribution in [-0.2, 0) is 0 Å². The largest absolute Gasteiger partial charge is 0.456 e. The van der Waals surface area contributed by atoms with E-state index in [1.165, 1.54) is 35.6 Å². The van der Waals surface area contributed by atoms with Crippen molar-refractivity contribution in [3.63, 3.8) is 0 Å². The molecule has 5 nitrogen and oxygen atoms in total. The maximum atomic E-state index is 6.20. The summed E-state index contributed by atoms with van der Waals surface area (Å²) in [5, 5.41) is 7.02. The number of furan rings is 1. The van der Waals surface area contributed by atoms with Gasteiger partial charge in [-0.3, -0.25) is 19.8 Å². The Kier molecular flexibility index (Phi) is 5.33. The van der Waals surface area contributed by atoms with Crippen LogP contribution in [0.4, 0.5) is 0 Å². The molecule has 1 aromatic heterocycles. The van der Waals surface area contributed by atoms with Crippen LogP contribution in [-0.4, -0.2) is 61.1 Å². The van der Waals surface area contributed by atoms with Gasteiger partial charge < -0.3 is 4.42 Å². The van der Waals surface area contributed by atoms with Crippen molar-refractivity contribution in [3.8, 4) is 22.6 Å². The summed E-state index contributed by atoms with van der Waals surface area (Å²) in [4.78, 5) is 0. The topological polar surface area (TPSA) is 43.2 Å². The standard InChI is InChI=1S/C26H28N4O/c1-29-17-3-15-27-25(29)21-9-5-19(6-10-21)23-13-14-24(31-23)20-7-11-22(12-8-20)26-28-16-4-18-30(26)2/h5-14H,3-4,15-18H2,1-2H3/p+2. The van der Waals surface area contributed by atoms with Crippen LogP contribution in [0.3, 0.4) is 0 Å². The quantitative estimate of drug-likeness (QED) is 0.644. The van der Waals surface area contributed by atoms with Gasteiger partial charge in [0.25, 0.3) is 11.7 Å². The Morgan fingerprint density at radius 3 is 1.35 bits per heavy atom. The van der Waals surface area contributed by atoms with Crippen LogP contribution >= 0.6 is 0 Å². The molecule has 0 radical (unpaired) electrons. The van der Waals surface area contributed by atoms with Gasteiger partial charge in [0.2, 0.25) is 0 Å². The zero-order valence-corrected chi connectivity index (χ0v) is 18.3. The van der Waals surface area contributed by atoms with E-state index >= 15 is 0 Å². The zero-order chi connectivity index (χ0) is 21.2. The molecule has 0 spiro atoms. The molecule has 2 N–H and O–H groups in total. The van der Waals surface area contributed by atoms with Crippen LogP contribution < -0.4 is 10.6 Å². The van der Waals surface area contributed by atoms with Gasteiger partial charge in [-0.2, -0.15) is 0 Å². The van der Waals surface area contributed by atoms with E-state index in [1.807, 2.05) is 0 Å². The van der Waals surface area contributed by atoms with Crippen molar-refractivity contribution < 1.29 is 13.6 Å². The summed E-state index contributed by atoms with van der Waals surface area (Å²) in [5.74, 6) is 4.19. The second-order valence-electron chi connectivity index (χ2n) is 8.42. The molecular formula is C26H30N4O+2. The highest BCUT2D eigenvalue weighted by Crippen LogP contribution is 2.29. The third kappa shape index (κ3) is 4.00. The summed E-state index contributed by atoms with van der Waals surface area (Å²) >= 11 is 0. The zero-order valence-electron chi connectivity index (χ0n) is 18.3. The van der Waals surface area contributed by atoms with Crippen molar-refractivity contribution in [2.24, 2.45) is 0 Å². The molecule has 5 rings (SSSR count). The summed E-state index contributed by atoms with van der Waals surface area (Å²) in [5.41, 5.74) is 4.61. The molecule has 0 unspecified atom stereocenters. The first-order valence-electron chi connectivity index (χ1n) is 11.1. The molecule has 0 saturated heterocycles. The molecule has 0 amide bonds. The SMILES string of the molecule is C[N+]1=C(c2ccc(-c3ccc(-c4ccc(C5=[N+](C)CCCN5)cc4)o3)cc2)NCCC1. The minimum atomic E-state index is 0.892. The Labute approximate surface area is 183 Å². The Balaban J connectivity index is 1.35. The first-order valence-corrected chi connectivity index (χ1v) is 11.1. The van der Waals surface area contributed by atoms with Crippen molar-refractivity contribution in [2.75, 3.05) is 40.3 Å². The number of benzene rings is 2. The van der Waals surface area contributed by atoms with Gasteiger partial charge in [0.1, 0.15) is 11.5 Å². The third-order valence-electron chi connectivity index (χ3n) is 6.18. The third-order valence-corrected chi connectivity index (χ3v) is 6.18. The predicted octanol–water partition coefficient (Wildman–Crippen LogP) is 3.38. The Bertz CT molecular complexity index is 1050. The first-order chi connectivity index (χ1) is 15.2. The molecular weight excluding hydrogens is 384 g/mol. The molecule has 31 heavy (non-hydrogen) atoms. The average molecular weight is 415 g/mol. The molecule has 0 fully saturated rings. The predicted molar refractivity (Wildman–Crippen MR) is 125 cm³/mol. The Hall–Kier alpha value is -3.34. The molecule has 0 saturated carbocycles. The normalized spacial score (nSPS) is 16.8. The van der Waals surface area contributed by atoms with Gasteiger partial charge in [0.05, 0.1) is 51.4 Å². The lowest BCUT2D eigenvalue weighted by molar-refractivity contribution is -0.503. The fraction of sp³-hybridized carbons (Fsp3) is 0.308. The van der Waals surface area contributed by atoms with E-state index in [0.29, 0.717) is 0 Å². The van der Waals surface area contributed by atoms with Gasteiger partial charge in [-0.1, -0.05) is 24.3 Å². The van der Waals surface area contributed by atoms with E-state index in [-0.39, 0.29) is 0 Å². The second kappa shape index (κ2) is 8.42. The van der Waals surface area contributed by atoms with Crippen LogP contribution in [0.5, 0.6) is 0 Å². The lowest BCUT2D eigenvalue weighted by Gasteiger charge is -2.14. The summed E-state index contributed by atoms with van der Waals surface area (Å²) in [6.07, 6.45) is 2.36. The molecule has 3 aromatic rings. The number of hydrogen-bond acceptors (Lipinski definition) is 3. The number of nitrogens with one attached hydrogen (secondary N) is 2. The summed E-state index contributed by atoms with van der Waals surface area (Å²) in [6, 6.07) is 21.3. The number of hydrogen-bond donors (Lipinski definition) is 2. The molecule has 158 valence electrons. The average Bonchev–Trinajstić information content (AvgIpc) is 3.30. The van der Waals surface area contributed by atoms with Crippen LogP contribution in [0.25, 0.3) is 22.6 Å². The van der Waals surface area contributed by atoms with Crippen LogP contribution in [0, 0.1) is 0 Å². The number of rotatable bonds is 4. The van der Waals surface area contributed by atoms with Gasteiger partial charge in [0, 0.05) is 24.0 Å². The van der Waals surface area contributed by atoms with Crippen molar-refractivity contribution in [1.82, 2.24) is 10.6 Å². The van der Waals surface area contributed by atoms with Gasteiger partial charge in [-0.25, -0.2) is 0 Å². The van der Waals surface area contributed by atoms with E-state index in [4.69, 9.17) is 4.42 Å². The van der Waals surface area contributed by atoms with Gasteiger partial charge in [0.15, 0.2) is 0 Å². The minimum Gasteiger partial charge on any atom is -0.456 e. The molecule has 2 aliphatic rings. The lowest BCUT2D eigenvalue weighted by atomic mass is 10.1. The van der Waals surface area contributed by atoms with Crippen molar-refractivity contribution in [3.05, 3.63) is 71.8 Å². The van der Waals surface area contributed by atoms with Crippen LogP contribution in [0.15, 0.2) is 65.1 Å². The second-order valence-corrected chi connectivity index (χ2v) is 8.42. The Morgan fingerprint density at radius 1 is 0.581 bits per heavy atom. The highest BCUT2D eigenvalue weighted by atomic mass is 16.3. The van der Waals surface area contributed by atoms with Crippen LogP contribution in [0.1, 0.15) is 24.0 Å². The molecule has 2 aromatic carbocycles. The molecule has 0 aliphatic carbocycles. The number of nitrogens with zero attached hydrogens (tertiary/aromatic N) is 2. The molecule has 2 aliphatic heterocycles. The summed E-state index contributed by atoms with van der Waals surface area (Å²) in [7, 11) is 4.28. The van der Waals surface area contributed by atoms with Gasteiger partial charge in [-0.15, -0.1) is 0 Å². The van der Waals surface area contributed by atoms with Crippen molar-refractivity contribution in [1.29, 1.82) is 0 Å². The number of amidine groups is 2. The van der Waals surface area contributed by atoms with Crippen molar-refractivity contribution in [2.45, 2.75) is 12.8 Å². The smallest absolute Gasteiger partial charge is 0.276 e. The summed E-state index contributed by atoms with van der Waals surface area (Å²) < 4.78 is 10.8. The summed E-state index contributed by atoms with van der Waals surface area (Å²) in [6.45, 7) is 4.26. The molecule has 3 heterocycles. The van der Waals surface area contributed by atoms with Crippen LogP contribution in [0.2, 0.25) is 0 Å². The van der Waals surface area contributed by atoms with Gasteiger partial charge in [-0.05, 0) is 36.4 Å². The van der Waals surface area contributed by atoms with Crippen molar-refractivity contribution >= 4 is 11.7 Å². The molecule has 0 bridgehead atoms. The Morgan fingerprint density at radius 2 is 0.968 bits per heavy atom. The first kappa shape index (κ1) is 19.6. The van der Waals surface area contributed by atoms with E-state index in [0.717, 1.165) is 48.8 Å². The molecule has 0 atom stereocenters. The van der Waals surface area contributed by atoms with E-state index in [9.17, 15) is 0 Å². The van der Waals surface area contributed by atoms with E-state index in [2.05, 4.69) is 94.5 Å². The molecule has 5 heteroatoms. The maximum absolute atomic E-state index is 6.20. The fourth-order valence-electron chi connectivity index (χ4n) is 4.42. The highest BCUT2D eigenvalue weighted by molar-refractivity contribution is 5.96. The van der Waals surface area contributed by atoms with E-state index < -0.39 is 0 Å². The minimum absolute atomic E-state index is 0.892. The van der Waals surface area contributed by atoms with E-state index in [1.54, 1.807) is 0 Å².